The van der Waals surface area contributed by atoms with Gasteiger partial charge in [0.2, 0.25) is 5.95 Å². The fourth-order valence-corrected chi connectivity index (χ4v) is 4.10. The lowest BCUT2D eigenvalue weighted by atomic mass is 10.3. The van der Waals surface area contributed by atoms with Crippen LogP contribution in [0.4, 0.5) is 21.8 Å². The first kappa shape index (κ1) is 15.9. The molecular formula is C13H13ClFN5O2S. The molecule has 1 aliphatic rings. The Morgan fingerprint density at radius 3 is 2.87 bits per heavy atom. The molecule has 2 heterocycles. The molecule has 0 amide bonds. The van der Waals surface area contributed by atoms with Crippen molar-refractivity contribution in [3.63, 3.8) is 0 Å². The fraction of sp³-hybridized carbons (Fsp3) is 0.308. The van der Waals surface area contributed by atoms with Gasteiger partial charge in [-0.15, -0.1) is 5.10 Å². The van der Waals surface area contributed by atoms with E-state index < -0.39 is 15.7 Å². The molecule has 1 atom stereocenters. The van der Waals surface area contributed by atoms with Gasteiger partial charge in [-0.1, -0.05) is 11.6 Å². The molecule has 23 heavy (non-hydrogen) atoms. The number of hydrogen-bond acceptors (Lipinski definition) is 7. The molecule has 1 unspecified atom stereocenters. The van der Waals surface area contributed by atoms with Crippen LogP contribution in [0.5, 0.6) is 0 Å². The molecule has 10 heteroatoms. The van der Waals surface area contributed by atoms with Crippen molar-refractivity contribution in [1.82, 2.24) is 15.2 Å². The lowest BCUT2D eigenvalue weighted by Gasteiger charge is -2.12. The van der Waals surface area contributed by atoms with Crippen LogP contribution in [-0.2, 0) is 9.84 Å². The van der Waals surface area contributed by atoms with Gasteiger partial charge in [-0.3, -0.25) is 0 Å². The van der Waals surface area contributed by atoms with E-state index in [0.29, 0.717) is 17.9 Å². The van der Waals surface area contributed by atoms with Crippen LogP contribution < -0.4 is 10.6 Å². The molecular weight excluding hydrogens is 345 g/mol. The standard InChI is InChI=1S/C13H13ClFN5O2S/c14-10-5-8(1-2-11(10)15)18-13-19-12(6-16-20-13)17-9-3-4-23(21,22)7-9/h1-2,5-6,9H,3-4,7H2,(H2,17,18,19,20). The molecule has 1 aromatic heterocycles. The summed E-state index contributed by atoms with van der Waals surface area (Å²) in [6.45, 7) is 0. The average Bonchev–Trinajstić information content (AvgIpc) is 2.82. The number of nitrogens with one attached hydrogen (secondary N) is 2. The third kappa shape index (κ3) is 4.05. The van der Waals surface area contributed by atoms with Crippen molar-refractivity contribution in [2.75, 3.05) is 22.1 Å². The molecule has 0 aliphatic carbocycles. The summed E-state index contributed by atoms with van der Waals surface area (Å²) >= 11 is 5.71. The smallest absolute Gasteiger partial charge is 0.249 e. The lowest BCUT2D eigenvalue weighted by molar-refractivity contribution is 0.602. The Labute approximate surface area is 137 Å². The van der Waals surface area contributed by atoms with Crippen LogP contribution in [0.2, 0.25) is 5.02 Å². The number of halogens is 2. The van der Waals surface area contributed by atoms with Crippen molar-refractivity contribution in [2.24, 2.45) is 0 Å². The molecule has 0 saturated carbocycles. The molecule has 3 rings (SSSR count). The van der Waals surface area contributed by atoms with Crippen LogP contribution >= 0.6 is 11.6 Å². The summed E-state index contributed by atoms with van der Waals surface area (Å²) in [6.07, 6.45) is 1.94. The molecule has 7 nitrogen and oxygen atoms in total. The summed E-state index contributed by atoms with van der Waals surface area (Å²) < 4.78 is 36.0. The minimum Gasteiger partial charge on any atom is -0.365 e. The van der Waals surface area contributed by atoms with Crippen molar-refractivity contribution in [2.45, 2.75) is 12.5 Å². The highest BCUT2D eigenvalue weighted by molar-refractivity contribution is 7.91. The second kappa shape index (κ2) is 6.25. The minimum absolute atomic E-state index is 0.0200. The maximum absolute atomic E-state index is 13.1. The van der Waals surface area contributed by atoms with Gasteiger partial charge < -0.3 is 10.6 Å². The zero-order valence-electron chi connectivity index (χ0n) is 11.8. The Balaban J connectivity index is 1.71. The Bertz CT molecular complexity index is 833. The summed E-state index contributed by atoms with van der Waals surface area (Å²) in [5.74, 6) is 0.334. The third-order valence-corrected chi connectivity index (χ3v) is 5.38. The van der Waals surface area contributed by atoms with E-state index in [0.717, 1.165) is 0 Å². The minimum atomic E-state index is -2.98. The average molecular weight is 358 g/mol. The SMILES string of the molecule is O=S1(=O)CCC(Nc2cnnc(Nc3ccc(F)c(Cl)c3)n2)C1. The van der Waals surface area contributed by atoms with Crippen LogP contribution in [-0.4, -0.2) is 41.1 Å². The second-order valence-corrected chi connectivity index (χ2v) is 7.80. The second-order valence-electron chi connectivity index (χ2n) is 5.16. The highest BCUT2D eigenvalue weighted by Crippen LogP contribution is 2.22. The van der Waals surface area contributed by atoms with Gasteiger partial charge in [0.05, 0.1) is 22.7 Å². The quantitative estimate of drug-likeness (QED) is 0.863. The Morgan fingerprint density at radius 2 is 2.17 bits per heavy atom. The Hall–Kier alpha value is -2.00. The number of sulfone groups is 1. The summed E-state index contributed by atoms with van der Waals surface area (Å²) in [5.41, 5.74) is 0.513. The molecule has 2 N–H and O–H groups in total. The van der Waals surface area contributed by atoms with Crippen LogP contribution in [0.1, 0.15) is 6.42 Å². The van der Waals surface area contributed by atoms with Gasteiger partial charge >= 0.3 is 0 Å². The molecule has 1 saturated heterocycles. The first-order valence-electron chi connectivity index (χ1n) is 6.80. The van der Waals surface area contributed by atoms with Gasteiger partial charge in [0.15, 0.2) is 15.7 Å². The number of rotatable bonds is 4. The van der Waals surface area contributed by atoms with Gasteiger partial charge in [0.1, 0.15) is 5.82 Å². The normalized spacial score (nSPS) is 19.5. The van der Waals surface area contributed by atoms with E-state index in [2.05, 4.69) is 25.8 Å². The van der Waals surface area contributed by atoms with Crippen LogP contribution in [0, 0.1) is 5.82 Å². The number of nitrogens with zero attached hydrogens (tertiary/aromatic N) is 3. The van der Waals surface area contributed by atoms with Crippen molar-refractivity contribution < 1.29 is 12.8 Å². The van der Waals surface area contributed by atoms with Crippen molar-refractivity contribution >= 4 is 38.9 Å². The van der Waals surface area contributed by atoms with E-state index in [-0.39, 0.29) is 28.5 Å². The van der Waals surface area contributed by atoms with Crippen LogP contribution in [0.25, 0.3) is 0 Å². The van der Waals surface area contributed by atoms with E-state index in [4.69, 9.17) is 11.6 Å². The summed E-state index contributed by atoms with van der Waals surface area (Å²) in [6, 6.07) is 3.94. The third-order valence-electron chi connectivity index (χ3n) is 3.32. The lowest BCUT2D eigenvalue weighted by Crippen LogP contribution is -2.21. The number of benzene rings is 1. The van der Waals surface area contributed by atoms with Crippen molar-refractivity contribution in [1.29, 1.82) is 0 Å². The summed E-state index contributed by atoms with van der Waals surface area (Å²) in [4.78, 5) is 4.20. The summed E-state index contributed by atoms with van der Waals surface area (Å²) in [7, 11) is -2.98. The van der Waals surface area contributed by atoms with E-state index in [1.807, 2.05) is 0 Å². The maximum atomic E-state index is 13.1. The van der Waals surface area contributed by atoms with Gasteiger partial charge in [-0.2, -0.15) is 10.1 Å². The molecule has 0 spiro atoms. The fourth-order valence-electron chi connectivity index (χ4n) is 2.25. The van der Waals surface area contributed by atoms with Crippen LogP contribution in [0.15, 0.2) is 24.4 Å². The monoisotopic (exact) mass is 357 g/mol. The topological polar surface area (TPSA) is 96.9 Å². The zero-order chi connectivity index (χ0) is 16.4. The first-order chi connectivity index (χ1) is 10.9. The van der Waals surface area contributed by atoms with E-state index in [9.17, 15) is 12.8 Å². The number of hydrogen-bond donors (Lipinski definition) is 2. The molecule has 1 fully saturated rings. The highest BCUT2D eigenvalue weighted by atomic mass is 35.5. The van der Waals surface area contributed by atoms with E-state index in [1.54, 1.807) is 0 Å². The van der Waals surface area contributed by atoms with Crippen molar-refractivity contribution in [3.05, 3.63) is 35.2 Å². The first-order valence-corrected chi connectivity index (χ1v) is 9.00. The predicted molar refractivity (Wildman–Crippen MR) is 85.2 cm³/mol. The summed E-state index contributed by atoms with van der Waals surface area (Å²) in [5, 5.41) is 13.5. The van der Waals surface area contributed by atoms with Crippen LogP contribution in [0.3, 0.4) is 0 Å². The van der Waals surface area contributed by atoms with Crippen molar-refractivity contribution in [3.8, 4) is 0 Å². The number of anilines is 3. The molecule has 0 radical (unpaired) electrons. The molecule has 2 aromatic rings. The van der Waals surface area contributed by atoms with E-state index in [1.165, 1.54) is 24.4 Å². The van der Waals surface area contributed by atoms with Gasteiger partial charge in [0.25, 0.3) is 0 Å². The largest absolute Gasteiger partial charge is 0.365 e. The van der Waals surface area contributed by atoms with E-state index >= 15 is 0 Å². The Morgan fingerprint density at radius 1 is 1.35 bits per heavy atom. The molecule has 1 aromatic carbocycles. The van der Waals surface area contributed by atoms with Gasteiger partial charge in [0, 0.05) is 11.7 Å². The van der Waals surface area contributed by atoms with Gasteiger partial charge in [-0.05, 0) is 24.6 Å². The van der Waals surface area contributed by atoms with Gasteiger partial charge in [-0.25, -0.2) is 12.8 Å². The molecule has 122 valence electrons. The maximum Gasteiger partial charge on any atom is 0.249 e. The molecule has 0 bridgehead atoms. The molecule has 1 aliphatic heterocycles. The number of aromatic nitrogens is 3. The highest BCUT2D eigenvalue weighted by Gasteiger charge is 2.28. The Kier molecular flexibility index (Phi) is 4.31. The zero-order valence-corrected chi connectivity index (χ0v) is 13.4. The predicted octanol–water partition coefficient (Wildman–Crippen LogP) is 2.01.